The number of ether oxygens (including phenoxy) is 1. The predicted molar refractivity (Wildman–Crippen MR) is 121 cm³/mol. The number of rotatable bonds is 8. The SMILES string of the molecule is c1ccc(CCOc2cccc(NCc3ccc(-c4ccccc4)cc3)c2)cc1. The molecule has 4 aromatic carbocycles. The van der Waals surface area contributed by atoms with Gasteiger partial charge in [0.1, 0.15) is 5.75 Å². The van der Waals surface area contributed by atoms with Crippen LogP contribution in [0.5, 0.6) is 5.75 Å². The highest BCUT2D eigenvalue weighted by Crippen LogP contribution is 2.21. The van der Waals surface area contributed by atoms with Gasteiger partial charge in [0.15, 0.2) is 0 Å². The van der Waals surface area contributed by atoms with Gasteiger partial charge < -0.3 is 10.1 Å². The molecule has 0 atom stereocenters. The molecular formula is C27H25NO. The van der Waals surface area contributed by atoms with E-state index in [2.05, 4.69) is 90.2 Å². The Labute approximate surface area is 172 Å². The van der Waals surface area contributed by atoms with E-state index in [0.717, 1.165) is 24.4 Å². The average molecular weight is 380 g/mol. The summed E-state index contributed by atoms with van der Waals surface area (Å²) in [6.45, 7) is 1.46. The van der Waals surface area contributed by atoms with Gasteiger partial charge in [0.2, 0.25) is 0 Å². The fraction of sp³-hybridized carbons (Fsp3) is 0.111. The van der Waals surface area contributed by atoms with E-state index in [4.69, 9.17) is 4.74 Å². The summed E-state index contributed by atoms with van der Waals surface area (Å²) in [4.78, 5) is 0. The van der Waals surface area contributed by atoms with Gasteiger partial charge in [0.25, 0.3) is 0 Å². The van der Waals surface area contributed by atoms with Crippen LogP contribution in [0.4, 0.5) is 5.69 Å². The molecular weight excluding hydrogens is 354 g/mol. The summed E-state index contributed by atoms with van der Waals surface area (Å²) < 4.78 is 5.93. The number of nitrogens with one attached hydrogen (secondary N) is 1. The van der Waals surface area contributed by atoms with Crippen LogP contribution >= 0.6 is 0 Å². The quantitative estimate of drug-likeness (QED) is 0.373. The first-order valence-corrected chi connectivity index (χ1v) is 10.0. The number of anilines is 1. The highest BCUT2D eigenvalue weighted by molar-refractivity contribution is 5.63. The van der Waals surface area contributed by atoms with E-state index in [-0.39, 0.29) is 0 Å². The summed E-state index contributed by atoms with van der Waals surface area (Å²) >= 11 is 0. The molecule has 0 aliphatic heterocycles. The van der Waals surface area contributed by atoms with Crippen molar-refractivity contribution >= 4 is 5.69 Å². The van der Waals surface area contributed by atoms with Crippen LogP contribution in [-0.2, 0) is 13.0 Å². The van der Waals surface area contributed by atoms with Crippen molar-refractivity contribution in [1.29, 1.82) is 0 Å². The zero-order valence-electron chi connectivity index (χ0n) is 16.4. The number of hydrogen-bond acceptors (Lipinski definition) is 2. The van der Waals surface area contributed by atoms with Crippen LogP contribution in [0, 0.1) is 0 Å². The Morgan fingerprint density at radius 3 is 2.03 bits per heavy atom. The molecule has 0 aromatic heterocycles. The van der Waals surface area contributed by atoms with E-state index in [9.17, 15) is 0 Å². The minimum Gasteiger partial charge on any atom is -0.493 e. The zero-order chi connectivity index (χ0) is 19.7. The van der Waals surface area contributed by atoms with Crippen molar-refractivity contribution in [3.05, 3.63) is 120 Å². The molecule has 0 aliphatic rings. The lowest BCUT2D eigenvalue weighted by atomic mass is 10.0. The van der Waals surface area contributed by atoms with Gasteiger partial charge in [-0.15, -0.1) is 0 Å². The van der Waals surface area contributed by atoms with Crippen molar-refractivity contribution in [2.24, 2.45) is 0 Å². The maximum absolute atomic E-state index is 5.93. The zero-order valence-corrected chi connectivity index (χ0v) is 16.4. The van der Waals surface area contributed by atoms with E-state index < -0.39 is 0 Å². The second-order valence-corrected chi connectivity index (χ2v) is 7.03. The van der Waals surface area contributed by atoms with E-state index in [0.29, 0.717) is 6.61 Å². The Morgan fingerprint density at radius 1 is 0.586 bits per heavy atom. The molecule has 29 heavy (non-hydrogen) atoms. The highest BCUT2D eigenvalue weighted by atomic mass is 16.5. The molecule has 0 spiro atoms. The summed E-state index contributed by atoms with van der Waals surface area (Å²) in [7, 11) is 0. The summed E-state index contributed by atoms with van der Waals surface area (Å²) in [5.41, 5.74) is 6.09. The fourth-order valence-electron chi connectivity index (χ4n) is 3.28. The van der Waals surface area contributed by atoms with Gasteiger partial charge >= 0.3 is 0 Å². The highest BCUT2D eigenvalue weighted by Gasteiger charge is 2.00. The fourth-order valence-corrected chi connectivity index (χ4v) is 3.28. The lowest BCUT2D eigenvalue weighted by Crippen LogP contribution is -2.03. The molecule has 0 aliphatic carbocycles. The normalized spacial score (nSPS) is 10.5. The van der Waals surface area contributed by atoms with Gasteiger partial charge in [-0.1, -0.05) is 91.0 Å². The van der Waals surface area contributed by atoms with Crippen molar-refractivity contribution in [3.8, 4) is 16.9 Å². The third-order valence-corrected chi connectivity index (χ3v) is 4.89. The molecule has 4 aromatic rings. The molecule has 0 amide bonds. The predicted octanol–water partition coefficient (Wildman–Crippen LogP) is 6.59. The maximum atomic E-state index is 5.93. The molecule has 0 radical (unpaired) electrons. The molecule has 1 N–H and O–H groups in total. The van der Waals surface area contributed by atoms with Gasteiger partial charge in [-0.3, -0.25) is 0 Å². The molecule has 2 nitrogen and oxygen atoms in total. The van der Waals surface area contributed by atoms with Crippen molar-refractivity contribution < 1.29 is 4.74 Å². The van der Waals surface area contributed by atoms with Gasteiger partial charge in [-0.05, 0) is 34.4 Å². The first-order chi connectivity index (χ1) is 14.4. The third-order valence-electron chi connectivity index (χ3n) is 4.89. The molecule has 0 bridgehead atoms. The van der Waals surface area contributed by atoms with Crippen LogP contribution in [0.2, 0.25) is 0 Å². The van der Waals surface area contributed by atoms with E-state index in [1.807, 2.05) is 24.3 Å². The third kappa shape index (κ3) is 5.49. The van der Waals surface area contributed by atoms with E-state index in [1.165, 1.54) is 22.3 Å². The van der Waals surface area contributed by atoms with Gasteiger partial charge in [-0.2, -0.15) is 0 Å². The Bertz CT molecular complexity index is 1010. The Morgan fingerprint density at radius 2 is 1.28 bits per heavy atom. The molecule has 4 rings (SSSR count). The summed E-state index contributed by atoms with van der Waals surface area (Å²) in [6, 6.07) is 37.7. The Hall–Kier alpha value is -3.52. The smallest absolute Gasteiger partial charge is 0.121 e. The second-order valence-electron chi connectivity index (χ2n) is 7.03. The van der Waals surface area contributed by atoms with Crippen LogP contribution in [0.1, 0.15) is 11.1 Å². The van der Waals surface area contributed by atoms with Crippen molar-refractivity contribution in [2.75, 3.05) is 11.9 Å². The monoisotopic (exact) mass is 379 g/mol. The largest absolute Gasteiger partial charge is 0.493 e. The molecule has 0 saturated heterocycles. The van der Waals surface area contributed by atoms with Crippen LogP contribution < -0.4 is 10.1 Å². The minimum absolute atomic E-state index is 0.675. The van der Waals surface area contributed by atoms with Gasteiger partial charge in [-0.25, -0.2) is 0 Å². The van der Waals surface area contributed by atoms with Crippen LogP contribution in [0.25, 0.3) is 11.1 Å². The van der Waals surface area contributed by atoms with Crippen LogP contribution in [0.3, 0.4) is 0 Å². The first-order valence-electron chi connectivity index (χ1n) is 10.0. The van der Waals surface area contributed by atoms with Crippen LogP contribution in [-0.4, -0.2) is 6.61 Å². The standard InChI is InChI=1S/C27H25NO/c1-3-8-22(9-4-1)18-19-29-27-13-7-12-26(20-27)28-21-23-14-16-25(17-15-23)24-10-5-2-6-11-24/h1-17,20,28H,18-19,21H2. The maximum Gasteiger partial charge on any atom is 0.121 e. The molecule has 0 unspecified atom stereocenters. The Kier molecular flexibility index (Phi) is 6.24. The molecule has 0 saturated carbocycles. The van der Waals surface area contributed by atoms with E-state index in [1.54, 1.807) is 0 Å². The Balaban J connectivity index is 1.30. The lowest BCUT2D eigenvalue weighted by Gasteiger charge is -2.11. The summed E-state index contributed by atoms with van der Waals surface area (Å²) in [6.07, 6.45) is 0.909. The summed E-state index contributed by atoms with van der Waals surface area (Å²) in [5.74, 6) is 0.894. The van der Waals surface area contributed by atoms with Crippen molar-refractivity contribution in [3.63, 3.8) is 0 Å². The van der Waals surface area contributed by atoms with Crippen molar-refractivity contribution in [2.45, 2.75) is 13.0 Å². The molecule has 144 valence electrons. The minimum atomic E-state index is 0.675. The number of hydrogen-bond donors (Lipinski definition) is 1. The first kappa shape index (κ1) is 18.8. The van der Waals surface area contributed by atoms with E-state index >= 15 is 0 Å². The topological polar surface area (TPSA) is 21.3 Å². The molecule has 2 heteroatoms. The van der Waals surface area contributed by atoms with Crippen molar-refractivity contribution in [1.82, 2.24) is 0 Å². The number of benzene rings is 4. The van der Waals surface area contributed by atoms with Crippen LogP contribution in [0.15, 0.2) is 109 Å². The molecule has 0 heterocycles. The van der Waals surface area contributed by atoms with Gasteiger partial charge in [0, 0.05) is 24.7 Å². The second kappa shape index (κ2) is 9.61. The summed E-state index contributed by atoms with van der Waals surface area (Å²) in [5, 5.41) is 3.49. The molecule has 0 fully saturated rings. The lowest BCUT2D eigenvalue weighted by molar-refractivity contribution is 0.322. The van der Waals surface area contributed by atoms with Gasteiger partial charge in [0.05, 0.1) is 6.61 Å². The average Bonchev–Trinajstić information content (AvgIpc) is 2.80.